The molecule has 0 saturated heterocycles. The summed E-state index contributed by atoms with van der Waals surface area (Å²) in [5.74, 6) is -2.75. The largest absolute Gasteiger partial charge is 0.444 e. The van der Waals surface area contributed by atoms with Gasteiger partial charge in [0.1, 0.15) is 23.3 Å². The molecule has 1 amide bonds. The average molecular weight is 359 g/mol. The van der Waals surface area contributed by atoms with Crippen LogP contribution in [0.25, 0.3) is 0 Å². The number of ether oxygens (including phenoxy) is 1. The lowest BCUT2D eigenvalue weighted by Gasteiger charge is -2.21. The lowest BCUT2D eigenvalue weighted by Crippen LogP contribution is -2.34. The zero-order chi connectivity index (χ0) is 19.4. The molecule has 6 nitrogen and oxygen atoms in total. The predicted molar refractivity (Wildman–Crippen MR) is 86.2 cm³/mol. The van der Waals surface area contributed by atoms with E-state index in [2.05, 4.69) is 5.32 Å². The van der Waals surface area contributed by atoms with Crippen LogP contribution in [-0.4, -0.2) is 40.3 Å². The monoisotopic (exact) mass is 359 g/mol. The minimum Gasteiger partial charge on any atom is -0.444 e. The molecule has 1 rings (SSSR count). The van der Waals surface area contributed by atoms with Gasteiger partial charge < -0.3 is 20.3 Å². The Morgan fingerprint density at radius 3 is 2.32 bits per heavy atom. The molecule has 0 aliphatic rings. The topological polar surface area (TPSA) is 95.9 Å². The molecule has 140 valence electrons. The van der Waals surface area contributed by atoms with Crippen LogP contribution < -0.4 is 5.32 Å². The van der Waals surface area contributed by atoms with Crippen LogP contribution in [0.4, 0.5) is 13.6 Å². The molecule has 2 unspecified atom stereocenters. The smallest absolute Gasteiger partial charge is 0.407 e. The fraction of sp³-hybridized carbons (Fsp3) is 0.529. The molecule has 8 heteroatoms. The van der Waals surface area contributed by atoms with E-state index in [9.17, 15) is 28.6 Å². The van der Waals surface area contributed by atoms with Crippen molar-refractivity contribution in [1.82, 2.24) is 5.32 Å². The van der Waals surface area contributed by atoms with Gasteiger partial charge in [-0.15, -0.1) is 0 Å². The number of carbonyl (C=O) groups excluding carboxylic acids is 2. The number of nitrogens with one attached hydrogen (secondary N) is 1. The Balaban J connectivity index is 2.71. The lowest BCUT2D eigenvalue weighted by atomic mass is 9.98. The van der Waals surface area contributed by atoms with E-state index in [0.29, 0.717) is 6.07 Å². The summed E-state index contributed by atoms with van der Waals surface area (Å²) in [7, 11) is 0. The number of carbonyl (C=O) groups is 2. The highest BCUT2D eigenvalue weighted by atomic mass is 19.1. The van der Waals surface area contributed by atoms with Crippen molar-refractivity contribution in [3.05, 3.63) is 34.9 Å². The summed E-state index contributed by atoms with van der Waals surface area (Å²) in [5, 5.41) is 22.4. The van der Waals surface area contributed by atoms with Crippen molar-refractivity contribution in [2.75, 3.05) is 6.54 Å². The third kappa shape index (κ3) is 6.39. The SMILES string of the molecule is CC(=O)c1cc(C(O)C(O)CCNC(=O)OC(C)(C)C)c(F)cc1F. The van der Waals surface area contributed by atoms with Crippen LogP contribution in [0.15, 0.2) is 12.1 Å². The molecule has 0 spiro atoms. The molecular formula is C17H23F2NO5. The van der Waals surface area contributed by atoms with Crippen molar-refractivity contribution in [2.45, 2.75) is 51.9 Å². The molecular weight excluding hydrogens is 336 g/mol. The molecule has 0 radical (unpaired) electrons. The van der Waals surface area contributed by atoms with Gasteiger partial charge in [-0.3, -0.25) is 4.79 Å². The first kappa shape index (κ1) is 21.0. The van der Waals surface area contributed by atoms with E-state index in [4.69, 9.17) is 4.74 Å². The number of amides is 1. The van der Waals surface area contributed by atoms with E-state index in [1.165, 1.54) is 0 Å². The van der Waals surface area contributed by atoms with Crippen LogP contribution in [0.5, 0.6) is 0 Å². The normalized spacial score (nSPS) is 13.9. The lowest BCUT2D eigenvalue weighted by molar-refractivity contribution is 0.0103. The Hall–Kier alpha value is -2.06. The van der Waals surface area contributed by atoms with Crippen molar-refractivity contribution in [2.24, 2.45) is 0 Å². The van der Waals surface area contributed by atoms with Gasteiger partial charge in [-0.1, -0.05) is 0 Å². The van der Waals surface area contributed by atoms with Gasteiger partial charge in [0.05, 0.1) is 11.7 Å². The molecule has 0 aliphatic heterocycles. The van der Waals surface area contributed by atoms with E-state index >= 15 is 0 Å². The molecule has 0 aliphatic carbocycles. The van der Waals surface area contributed by atoms with Crippen molar-refractivity contribution in [1.29, 1.82) is 0 Å². The number of aliphatic hydroxyl groups is 2. The van der Waals surface area contributed by atoms with Crippen molar-refractivity contribution >= 4 is 11.9 Å². The zero-order valence-electron chi connectivity index (χ0n) is 14.6. The second-order valence-electron chi connectivity index (χ2n) is 6.64. The van der Waals surface area contributed by atoms with E-state index in [0.717, 1.165) is 13.0 Å². The minimum atomic E-state index is -1.68. The van der Waals surface area contributed by atoms with Crippen LogP contribution in [0, 0.1) is 11.6 Å². The molecule has 25 heavy (non-hydrogen) atoms. The molecule has 0 fully saturated rings. The maximum atomic E-state index is 13.8. The number of hydrogen-bond donors (Lipinski definition) is 3. The predicted octanol–water partition coefficient (Wildman–Crippen LogP) is 2.48. The van der Waals surface area contributed by atoms with Crippen LogP contribution in [0.3, 0.4) is 0 Å². The highest BCUT2D eigenvalue weighted by Gasteiger charge is 2.24. The quantitative estimate of drug-likeness (QED) is 0.678. The Morgan fingerprint density at radius 1 is 1.20 bits per heavy atom. The number of ketones is 1. The first-order chi connectivity index (χ1) is 11.4. The fourth-order valence-corrected chi connectivity index (χ4v) is 2.06. The second-order valence-corrected chi connectivity index (χ2v) is 6.64. The van der Waals surface area contributed by atoms with Crippen molar-refractivity contribution in [3.8, 4) is 0 Å². The van der Waals surface area contributed by atoms with Gasteiger partial charge in [0.15, 0.2) is 5.78 Å². The number of Topliss-reactive ketones (excluding diaryl/α,β-unsaturated/α-hetero) is 1. The molecule has 0 heterocycles. The highest BCUT2D eigenvalue weighted by Crippen LogP contribution is 2.25. The first-order valence-electron chi connectivity index (χ1n) is 7.75. The number of hydrogen-bond acceptors (Lipinski definition) is 5. The third-order valence-corrected chi connectivity index (χ3v) is 3.26. The summed E-state index contributed by atoms with van der Waals surface area (Å²) in [6, 6.07) is 1.36. The van der Waals surface area contributed by atoms with Crippen LogP contribution in [0.1, 0.15) is 56.1 Å². The number of aliphatic hydroxyl groups excluding tert-OH is 2. The third-order valence-electron chi connectivity index (χ3n) is 3.26. The van der Waals surface area contributed by atoms with E-state index in [1.54, 1.807) is 20.8 Å². The summed E-state index contributed by atoms with van der Waals surface area (Å²) >= 11 is 0. The maximum Gasteiger partial charge on any atom is 0.407 e. The fourth-order valence-electron chi connectivity index (χ4n) is 2.06. The van der Waals surface area contributed by atoms with E-state index in [1.807, 2.05) is 0 Å². The molecule has 1 aromatic rings. The number of halogens is 2. The standard InChI is InChI=1S/C17H23F2NO5/c1-9(21)10-7-11(13(19)8-12(10)18)15(23)14(22)5-6-20-16(24)25-17(2,3)4/h7-8,14-15,22-23H,5-6H2,1-4H3,(H,20,24). The number of rotatable bonds is 6. The van der Waals surface area contributed by atoms with Gasteiger partial charge in [-0.2, -0.15) is 0 Å². The minimum absolute atomic E-state index is 0.0322. The Labute approximate surface area is 144 Å². The molecule has 1 aromatic carbocycles. The van der Waals surface area contributed by atoms with Crippen LogP contribution in [0.2, 0.25) is 0 Å². The number of alkyl carbamates (subject to hydrolysis) is 1. The van der Waals surface area contributed by atoms with E-state index < -0.39 is 46.9 Å². The summed E-state index contributed by atoms with van der Waals surface area (Å²) in [6.07, 6.45) is -3.91. The number of benzene rings is 1. The van der Waals surface area contributed by atoms with Gasteiger partial charge in [0.25, 0.3) is 0 Å². The second kappa shape index (κ2) is 8.35. The summed E-state index contributed by atoms with van der Waals surface area (Å²) in [6.45, 7) is 6.14. The van der Waals surface area contributed by atoms with Gasteiger partial charge in [-0.25, -0.2) is 13.6 Å². The van der Waals surface area contributed by atoms with Gasteiger partial charge in [0, 0.05) is 18.2 Å². The van der Waals surface area contributed by atoms with Gasteiger partial charge in [0.2, 0.25) is 0 Å². The Kier molecular flexibility index (Phi) is 7.01. The molecule has 3 N–H and O–H groups in total. The van der Waals surface area contributed by atoms with E-state index in [-0.39, 0.29) is 18.5 Å². The molecule has 0 aromatic heterocycles. The maximum absolute atomic E-state index is 13.8. The van der Waals surface area contributed by atoms with Gasteiger partial charge >= 0.3 is 6.09 Å². The average Bonchev–Trinajstić information content (AvgIpc) is 2.44. The van der Waals surface area contributed by atoms with Crippen molar-refractivity contribution in [3.63, 3.8) is 0 Å². The highest BCUT2D eigenvalue weighted by molar-refractivity contribution is 5.94. The summed E-state index contributed by atoms with van der Waals surface area (Å²) < 4.78 is 32.3. The first-order valence-corrected chi connectivity index (χ1v) is 7.75. The zero-order valence-corrected chi connectivity index (χ0v) is 14.6. The molecule has 2 atom stereocenters. The van der Waals surface area contributed by atoms with Crippen LogP contribution in [-0.2, 0) is 4.74 Å². The van der Waals surface area contributed by atoms with Crippen LogP contribution >= 0.6 is 0 Å². The molecule has 0 saturated carbocycles. The molecule has 0 bridgehead atoms. The summed E-state index contributed by atoms with van der Waals surface area (Å²) in [5.41, 5.74) is -1.45. The van der Waals surface area contributed by atoms with Gasteiger partial charge in [-0.05, 0) is 40.2 Å². The Morgan fingerprint density at radius 2 is 1.80 bits per heavy atom. The van der Waals surface area contributed by atoms with Crippen molar-refractivity contribution < 1.29 is 33.3 Å². The summed E-state index contributed by atoms with van der Waals surface area (Å²) in [4.78, 5) is 22.8. The Bertz CT molecular complexity index is 643.